The fraction of sp³-hybridized carbons (Fsp3) is 0.560. The maximum atomic E-state index is 14.7. The molecule has 190 valence electrons. The zero-order valence-electron chi connectivity index (χ0n) is 19.4. The molecule has 0 radical (unpaired) electrons. The number of hydrogen-bond donors (Lipinski definition) is 0. The summed E-state index contributed by atoms with van der Waals surface area (Å²) in [6.07, 6.45) is 1.17. The van der Waals surface area contributed by atoms with Gasteiger partial charge in [0.05, 0.1) is 23.1 Å². The average molecular weight is 513 g/mol. The molecule has 3 aliphatic rings. The molecule has 5 rings (SSSR count). The predicted octanol–water partition coefficient (Wildman–Crippen LogP) is 4.79. The summed E-state index contributed by atoms with van der Waals surface area (Å²) in [4.78, 5) is 6.29. The number of sulfone groups is 1. The largest absolute Gasteiger partial charge is 0.488 e. The van der Waals surface area contributed by atoms with E-state index in [0.29, 0.717) is 42.1 Å². The molecule has 1 atom stereocenters. The van der Waals surface area contributed by atoms with Crippen LogP contribution in [0.25, 0.3) is 11.3 Å². The van der Waals surface area contributed by atoms with E-state index in [0.717, 1.165) is 24.7 Å². The number of rotatable bonds is 6. The molecule has 10 heteroatoms. The van der Waals surface area contributed by atoms with Crippen molar-refractivity contribution in [1.82, 2.24) is 9.88 Å². The number of benzene rings is 1. The number of ether oxygens (including phenoxy) is 1. The number of piperidine rings is 1. The van der Waals surface area contributed by atoms with E-state index < -0.39 is 27.2 Å². The lowest BCUT2D eigenvalue weighted by Crippen LogP contribution is -2.44. The third-order valence-electron chi connectivity index (χ3n) is 7.53. The van der Waals surface area contributed by atoms with E-state index in [1.54, 1.807) is 24.4 Å². The van der Waals surface area contributed by atoms with Crippen LogP contribution in [0.2, 0.25) is 0 Å². The molecule has 35 heavy (non-hydrogen) atoms. The fourth-order valence-electron chi connectivity index (χ4n) is 5.33. The van der Waals surface area contributed by atoms with Gasteiger partial charge in [-0.25, -0.2) is 12.8 Å². The van der Waals surface area contributed by atoms with Crippen molar-refractivity contribution >= 4 is 9.84 Å². The molecule has 0 spiro atoms. The van der Waals surface area contributed by atoms with Crippen molar-refractivity contribution in [3.05, 3.63) is 47.4 Å². The van der Waals surface area contributed by atoms with Gasteiger partial charge in [0.15, 0.2) is 9.84 Å². The van der Waals surface area contributed by atoms with Gasteiger partial charge >= 0.3 is 6.18 Å². The molecule has 5 nitrogen and oxygen atoms in total. The van der Waals surface area contributed by atoms with Crippen LogP contribution in [0.4, 0.5) is 17.6 Å². The minimum atomic E-state index is -4.13. The number of aromatic nitrogens is 1. The van der Waals surface area contributed by atoms with E-state index in [4.69, 9.17) is 4.74 Å². The van der Waals surface area contributed by atoms with Crippen molar-refractivity contribution in [2.24, 2.45) is 11.3 Å². The summed E-state index contributed by atoms with van der Waals surface area (Å²) in [7, 11) is -3.26. The van der Waals surface area contributed by atoms with Gasteiger partial charge < -0.3 is 9.64 Å². The van der Waals surface area contributed by atoms with Gasteiger partial charge in [-0.3, -0.25) is 4.98 Å². The topological polar surface area (TPSA) is 59.5 Å². The molecule has 2 aliphatic heterocycles. The number of pyridine rings is 1. The van der Waals surface area contributed by atoms with Crippen LogP contribution in [0, 0.1) is 17.2 Å². The number of halogens is 4. The normalized spacial score (nSPS) is 22.6. The minimum absolute atomic E-state index is 0.0660. The van der Waals surface area contributed by atoms with Crippen LogP contribution in [0.3, 0.4) is 0 Å². The van der Waals surface area contributed by atoms with Gasteiger partial charge in [-0.15, -0.1) is 0 Å². The summed E-state index contributed by atoms with van der Waals surface area (Å²) in [6, 6.07) is 6.16. The number of alkyl halides is 3. The molecule has 1 unspecified atom stereocenters. The smallest absolute Gasteiger partial charge is 0.395 e. The number of nitrogens with zero attached hydrogens (tertiary/aromatic N) is 2. The zero-order valence-corrected chi connectivity index (χ0v) is 20.3. The van der Waals surface area contributed by atoms with Gasteiger partial charge in [-0.2, -0.15) is 13.2 Å². The summed E-state index contributed by atoms with van der Waals surface area (Å²) >= 11 is 0. The monoisotopic (exact) mass is 512 g/mol. The molecule has 0 N–H and O–H groups in total. The number of fused-ring (bicyclic) bond motifs is 1. The Morgan fingerprint density at radius 2 is 1.89 bits per heavy atom. The lowest BCUT2D eigenvalue weighted by molar-refractivity contribution is -0.192. The van der Waals surface area contributed by atoms with Crippen LogP contribution >= 0.6 is 0 Å². The highest BCUT2D eigenvalue weighted by Gasteiger charge is 2.63. The summed E-state index contributed by atoms with van der Waals surface area (Å²) in [5.74, 6) is 0.140. The van der Waals surface area contributed by atoms with Gasteiger partial charge in [0.1, 0.15) is 17.7 Å². The van der Waals surface area contributed by atoms with Crippen molar-refractivity contribution in [2.45, 2.75) is 50.1 Å². The highest BCUT2D eigenvalue weighted by atomic mass is 32.2. The molecule has 1 aromatic carbocycles. The second-order valence-electron chi connectivity index (χ2n) is 10.3. The van der Waals surface area contributed by atoms with Crippen LogP contribution in [0.5, 0.6) is 5.75 Å². The highest BCUT2D eigenvalue weighted by Crippen LogP contribution is 2.58. The van der Waals surface area contributed by atoms with Crippen molar-refractivity contribution in [3.8, 4) is 17.0 Å². The first-order valence-electron chi connectivity index (χ1n) is 11.8. The number of likely N-dealkylation sites (tertiary alicyclic amines) is 1. The van der Waals surface area contributed by atoms with Crippen LogP contribution < -0.4 is 4.74 Å². The molecule has 1 aromatic heterocycles. The Morgan fingerprint density at radius 1 is 1.17 bits per heavy atom. The molecule has 2 aromatic rings. The van der Waals surface area contributed by atoms with E-state index in [1.807, 2.05) is 4.90 Å². The molecule has 3 heterocycles. The van der Waals surface area contributed by atoms with Gasteiger partial charge in [-0.1, -0.05) is 6.07 Å². The van der Waals surface area contributed by atoms with Crippen LogP contribution in [0.1, 0.15) is 36.8 Å². The Morgan fingerprint density at radius 3 is 2.49 bits per heavy atom. The van der Waals surface area contributed by atoms with E-state index in [9.17, 15) is 26.0 Å². The maximum absolute atomic E-state index is 14.7. The van der Waals surface area contributed by atoms with Crippen molar-refractivity contribution in [3.63, 3.8) is 0 Å². The number of hydrogen-bond acceptors (Lipinski definition) is 5. The molecule has 1 aliphatic carbocycles. The third kappa shape index (κ3) is 5.18. The van der Waals surface area contributed by atoms with Crippen LogP contribution in [-0.2, 0) is 22.0 Å². The van der Waals surface area contributed by atoms with Crippen molar-refractivity contribution in [1.29, 1.82) is 0 Å². The summed E-state index contributed by atoms with van der Waals surface area (Å²) in [6.45, 7) is 1.36. The SMILES string of the molecule is CS(=O)(=O)Cc1ccc(-c2cc3c(cn2)OC(C2CCN(CC4(C(F)(F)F)CC4)CC2)C3)c(F)c1. The van der Waals surface area contributed by atoms with Gasteiger partial charge in [0, 0.05) is 30.3 Å². The van der Waals surface area contributed by atoms with Gasteiger partial charge in [0.2, 0.25) is 0 Å². The van der Waals surface area contributed by atoms with Gasteiger partial charge in [-0.05, 0) is 68.5 Å². The molecule has 2 fully saturated rings. The predicted molar refractivity (Wildman–Crippen MR) is 123 cm³/mol. The first kappa shape index (κ1) is 24.5. The second-order valence-corrected chi connectivity index (χ2v) is 12.5. The van der Waals surface area contributed by atoms with E-state index in [1.165, 1.54) is 6.07 Å². The van der Waals surface area contributed by atoms with Gasteiger partial charge in [0.25, 0.3) is 0 Å². The Kier molecular flexibility index (Phi) is 6.11. The average Bonchev–Trinajstić information content (AvgIpc) is 3.43. The van der Waals surface area contributed by atoms with Crippen molar-refractivity contribution < 1.29 is 30.7 Å². The summed E-state index contributed by atoms with van der Waals surface area (Å²) in [5.41, 5.74) is 0.553. The van der Waals surface area contributed by atoms with Crippen LogP contribution in [0.15, 0.2) is 30.5 Å². The summed E-state index contributed by atoms with van der Waals surface area (Å²) < 4.78 is 83.7. The fourth-order valence-corrected chi connectivity index (χ4v) is 6.12. The second kappa shape index (κ2) is 8.73. The van der Waals surface area contributed by atoms with E-state index >= 15 is 0 Å². The van der Waals surface area contributed by atoms with E-state index in [-0.39, 0.29) is 37.2 Å². The van der Waals surface area contributed by atoms with E-state index in [2.05, 4.69) is 4.98 Å². The first-order valence-corrected chi connectivity index (χ1v) is 13.9. The quantitative estimate of drug-likeness (QED) is 0.521. The molecular weight excluding hydrogens is 484 g/mol. The Hall–Kier alpha value is -2.20. The summed E-state index contributed by atoms with van der Waals surface area (Å²) in [5, 5.41) is 0. The van der Waals surface area contributed by atoms with Crippen LogP contribution in [-0.4, -0.2) is 56.5 Å². The standard InChI is InChI=1S/C25H28F4N2O3S/c1-35(32,33)14-16-2-3-19(20(26)10-16)21-11-18-12-22(34-23(18)13-30-21)17-4-8-31(9-5-17)15-24(6-7-24)25(27,28)29/h2-3,10-11,13,17,22H,4-9,12,14-15H2,1H3. The molecule has 0 bridgehead atoms. The van der Waals surface area contributed by atoms with Crippen molar-refractivity contribution in [2.75, 3.05) is 25.9 Å². The molecule has 1 saturated heterocycles. The molecule has 0 amide bonds. The first-order chi connectivity index (χ1) is 16.4. The lowest BCUT2D eigenvalue weighted by atomic mass is 9.88. The lowest BCUT2D eigenvalue weighted by Gasteiger charge is -2.36. The molecule has 1 saturated carbocycles. The Bertz CT molecular complexity index is 1220. The maximum Gasteiger partial charge on any atom is 0.395 e. The zero-order chi connectivity index (χ0) is 25.0. The Labute approximate surface area is 202 Å². The highest BCUT2D eigenvalue weighted by molar-refractivity contribution is 7.89. The third-order valence-corrected chi connectivity index (χ3v) is 8.38. The minimum Gasteiger partial charge on any atom is -0.488 e. The molecular formula is C25H28F4N2O3S. The Balaban J connectivity index is 1.21.